The van der Waals surface area contributed by atoms with Crippen molar-refractivity contribution in [2.24, 2.45) is 0 Å². The second kappa shape index (κ2) is 11.2. The molecule has 0 saturated carbocycles. The number of carbonyl (C=O) groups is 3. The van der Waals surface area contributed by atoms with Crippen molar-refractivity contribution in [2.75, 3.05) is 24.2 Å². The van der Waals surface area contributed by atoms with E-state index in [-0.39, 0.29) is 23.8 Å². The minimum absolute atomic E-state index is 0.0631. The van der Waals surface area contributed by atoms with E-state index < -0.39 is 5.97 Å². The third-order valence-electron chi connectivity index (χ3n) is 5.91. The van der Waals surface area contributed by atoms with Crippen LogP contribution < -0.4 is 5.32 Å². The van der Waals surface area contributed by atoms with Crippen LogP contribution in [0.3, 0.4) is 0 Å². The highest BCUT2D eigenvalue weighted by molar-refractivity contribution is 8.00. The highest BCUT2D eigenvalue weighted by Crippen LogP contribution is 2.38. The van der Waals surface area contributed by atoms with Gasteiger partial charge in [-0.1, -0.05) is 48.5 Å². The van der Waals surface area contributed by atoms with Crippen LogP contribution in [0.25, 0.3) is 0 Å². The van der Waals surface area contributed by atoms with Gasteiger partial charge in [0.05, 0.1) is 17.9 Å². The number of anilines is 1. The molecule has 1 fully saturated rings. The van der Waals surface area contributed by atoms with Crippen molar-refractivity contribution in [3.05, 3.63) is 101 Å². The Morgan fingerprint density at radius 1 is 1.03 bits per heavy atom. The molecule has 1 aliphatic heterocycles. The minimum Gasteiger partial charge on any atom is -0.462 e. The van der Waals surface area contributed by atoms with E-state index in [1.165, 1.54) is 5.56 Å². The Kier molecular flexibility index (Phi) is 7.87. The van der Waals surface area contributed by atoms with E-state index in [2.05, 4.69) is 17.4 Å². The van der Waals surface area contributed by atoms with Gasteiger partial charge in [0.15, 0.2) is 0 Å². The highest BCUT2D eigenvalue weighted by Gasteiger charge is 2.32. The van der Waals surface area contributed by atoms with Crippen LogP contribution in [-0.4, -0.2) is 41.6 Å². The van der Waals surface area contributed by atoms with Crippen LogP contribution in [0.1, 0.15) is 49.7 Å². The zero-order chi connectivity index (χ0) is 24.8. The molecule has 0 aromatic heterocycles. The van der Waals surface area contributed by atoms with E-state index in [1.807, 2.05) is 42.2 Å². The van der Waals surface area contributed by atoms with E-state index in [4.69, 9.17) is 4.74 Å². The van der Waals surface area contributed by atoms with Crippen molar-refractivity contribution in [3.63, 3.8) is 0 Å². The molecule has 1 heterocycles. The molecule has 35 heavy (non-hydrogen) atoms. The molecule has 1 unspecified atom stereocenters. The number of ether oxygens (including phenoxy) is 1. The molecule has 1 N–H and O–H groups in total. The molecule has 3 aromatic carbocycles. The number of rotatable bonds is 8. The Hall–Kier alpha value is -3.58. The Bertz CT molecular complexity index is 1210. The van der Waals surface area contributed by atoms with E-state index in [0.29, 0.717) is 29.1 Å². The average Bonchev–Trinajstić information content (AvgIpc) is 3.25. The number of aryl methyl sites for hydroxylation is 1. The average molecular weight is 489 g/mol. The van der Waals surface area contributed by atoms with Crippen molar-refractivity contribution >= 4 is 35.2 Å². The number of benzene rings is 3. The molecule has 0 spiro atoms. The van der Waals surface area contributed by atoms with Gasteiger partial charge in [-0.3, -0.25) is 9.59 Å². The normalized spacial score (nSPS) is 15.2. The number of hydrogen-bond donors (Lipinski definition) is 1. The fraction of sp³-hybridized carbons (Fsp3) is 0.250. The number of amides is 2. The monoisotopic (exact) mass is 488 g/mol. The lowest BCUT2D eigenvalue weighted by molar-refractivity contribution is -0.128. The maximum absolute atomic E-state index is 12.9. The van der Waals surface area contributed by atoms with Gasteiger partial charge in [0.25, 0.3) is 5.91 Å². The van der Waals surface area contributed by atoms with Gasteiger partial charge in [-0.05, 0) is 61.2 Å². The third kappa shape index (κ3) is 5.92. The van der Waals surface area contributed by atoms with Gasteiger partial charge < -0.3 is 15.0 Å². The van der Waals surface area contributed by atoms with Gasteiger partial charge >= 0.3 is 5.97 Å². The summed E-state index contributed by atoms with van der Waals surface area (Å²) in [6.45, 7) is 4.56. The summed E-state index contributed by atoms with van der Waals surface area (Å²) in [7, 11) is 0. The van der Waals surface area contributed by atoms with Crippen LogP contribution in [-0.2, 0) is 16.0 Å². The summed E-state index contributed by atoms with van der Waals surface area (Å²) >= 11 is 1.61. The molecule has 3 aromatic rings. The summed E-state index contributed by atoms with van der Waals surface area (Å²) in [5, 5.41) is 2.83. The molecule has 0 radical (unpaired) electrons. The molecule has 1 saturated heterocycles. The summed E-state index contributed by atoms with van der Waals surface area (Å²) in [5.41, 5.74) is 4.49. The van der Waals surface area contributed by atoms with Crippen LogP contribution in [0.4, 0.5) is 5.69 Å². The fourth-order valence-corrected chi connectivity index (χ4v) is 5.18. The Morgan fingerprint density at radius 2 is 1.74 bits per heavy atom. The molecular formula is C28H28N2O4S. The molecule has 6 nitrogen and oxygen atoms in total. The maximum Gasteiger partial charge on any atom is 0.338 e. The molecule has 2 amide bonds. The number of nitrogens with zero attached hydrogens (tertiary/aromatic N) is 1. The van der Waals surface area contributed by atoms with Crippen molar-refractivity contribution in [1.29, 1.82) is 0 Å². The van der Waals surface area contributed by atoms with Crippen molar-refractivity contribution in [2.45, 2.75) is 25.6 Å². The Morgan fingerprint density at radius 3 is 2.46 bits per heavy atom. The minimum atomic E-state index is -0.423. The SMILES string of the molecule is CCOC(=O)c1ccc(C)c(NC(=O)c2ccc(C3SCC(=O)N3CCc3ccccc3)cc2)c1. The first-order valence-electron chi connectivity index (χ1n) is 11.6. The first-order valence-corrected chi connectivity index (χ1v) is 12.6. The largest absolute Gasteiger partial charge is 0.462 e. The Balaban J connectivity index is 1.43. The van der Waals surface area contributed by atoms with Crippen molar-refractivity contribution in [3.8, 4) is 0 Å². The summed E-state index contributed by atoms with van der Waals surface area (Å²) < 4.78 is 5.05. The molecule has 0 bridgehead atoms. The number of thioether (sulfide) groups is 1. The topological polar surface area (TPSA) is 75.7 Å². The first-order chi connectivity index (χ1) is 17.0. The van der Waals surface area contributed by atoms with Crippen molar-refractivity contribution < 1.29 is 19.1 Å². The van der Waals surface area contributed by atoms with Crippen LogP contribution >= 0.6 is 11.8 Å². The predicted octanol–water partition coefficient (Wildman–Crippen LogP) is 5.24. The van der Waals surface area contributed by atoms with Crippen LogP contribution in [0.5, 0.6) is 0 Å². The van der Waals surface area contributed by atoms with Gasteiger partial charge in [-0.25, -0.2) is 4.79 Å². The van der Waals surface area contributed by atoms with Crippen molar-refractivity contribution in [1.82, 2.24) is 4.90 Å². The summed E-state index contributed by atoms with van der Waals surface area (Å²) in [6, 6.07) is 22.6. The van der Waals surface area contributed by atoms with Gasteiger partial charge in [0, 0.05) is 17.8 Å². The zero-order valence-electron chi connectivity index (χ0n) is 19.8. The lowest BCUT2D eigenvalue weighted by atomic mass is 10.1. The van der Waals surface area contributed by atoms with Gasteiger partial charge in [0.1, 0.15) is 5.37 Å². The predicted molar refractivity (Wildman–Crippen MR) is 139 cm³/mol. The number of nitrogens with one attached hydrogen (secondary N) is 1. The standard InChI is InChI=1S/C28H28N2O4S/c1-3-34-28(33)23-10-9-19(2)24(17-23)29-26(32)21-11-13-22(14-12-21)27-30(25(31)18-35-27)16-15-20-7-5-4-6-8-20/h4-14,17,27H,3,15-16,18H2,1-2H3,(H,29,32). The smallest absolute Gasteiger partial charge is 0.338 e. The molecule has 4 rings (SSSR count). The molecule has 7 heteroatoms. The van der Waals surface area contributed by atoms with Gasteiger partial charge in [0.2, 0.25) is 5.91 Å². The third-order valence-corrected chi connectivity index (χ3v) is 7.16. The summed E-state index contributed by atoms with van der Waals surface area (Å²) in [4.78, 5) is 39.4. The second-order valence-corrected chi connectivity index (χ2v) is 9.38. The fourth-order valence-electron chi connectivity index (χ4n) is 3.96. The van der Waals surface area contributed by atoms with E-state index >= 15 is 0 Å². The number of hydrogen-bond acceptors (Lipinski definition) is 5. The number of esters is 1. The van der Waals surface area contributed by atoms with Crippen LogP contribution in [0.2, 0.25) is 0 Å². The molecule has 180 valence electrons. The van der Waals surface area contributed by atoms with Crippen LogP contribution in [0, 0.1) is 6.92 Å². The van der Waals surface area contributed by atoms with Crippen LogP contribution in [0.15, 0.2) is 72.8 Å². The molecule has 0 aliphatic carbocycles. The Labute approximate surface area is 209 Å². The van der Waals surface area contributed by atoms with E-state index in [0.717, 1.165) is 17.5 Å². The van der Waals surface area contributed by atoms with E-state index in [1.54, 1.807) is 49.0 Å². The maximum atomic E-state index is 12.9. The molecular weight excluding hydrogens is 460 g/mol. The molecule has 1 aliphatic rings. The zero-order valence-corrected chi connectivity index (χ0v) is 20.6. The summed E-state index contributed by atoms with van der Waals surface area (Å²) in [6.07, 6.45) is 0.800. The lowest BCUT2D eigenvalue weighted by Crippen LogP contribution is -2.30. The first kappa shape index (κ1) is 24.5. The van der Waals surface area contributed by atoms with E-state index in [9.17, 15) is 14.4 Å². The quantitative estimate of drug-likeness (QED) is 0.439. The lowest BCUT2D eigenvalue weighted by Gasteiger charge is -2.24. The highest BCUT2D eigenvalue weighted by atomic mass is 32.2. The van der Waals surface area contributed by atoms with Gasteiger partial charge in [-0.2, -0.15) is 0 Å². The molecule has 1 atom stereocenters. The van der Waals surface area contributed by atoms with Gasteiger partial charge in [-0.15, -0.1) is 11.8 Å². The second-order valence-electron chi connectivity index (χ2n) is 8.31. The number of carbonyl (C=O) groups excluding carboxylic acids is 3. The summed E-state index contributed by atoms with van der Waals surface area (Å²) in [5.74, 6) is -0.100.